The van der Waals surface area contributed by atoms with E-state index < -0.39 is 11.9 Å². The van der Waals surface area contributed by atoms with Crippen LogP contribution in [0.25, 0.3) is 0 Å². The molecule has 3 atom stereocenters. The van der Waals surface area contributed by atoms with Crippen LogP contribution in [0.3, 0.4) is 0 Å². The Morgan fingerprint density at radius 2 is 2.04 bits per heavy atom. The first-order valence-electron chi connectivity index (χ1n) is 8.16. The van der Waals surface area contributed by atoms with E-state index in [2.05, 4.69) is 0 Å². The van der Waals surface area contributed by atoms with Crippen LogP contribution in [0.1, 0.15) is 31.2 Å². The van der Waals surface area contributed by atoms with E-state index in [4.69, 9.17) is 4.74 Å². The molecular weight excluding hydrogens is 294 g/mol. The fourth-order valence-electron chi connectivity index (χ4n) is 3.60. The van der Waals surface area contributed by atoms with Crippen LogP contribution < -0.4 is 4.74 Å². The monoisotopic (exact) mass is 317 g/mol. The number of rotatable bonds is 5. The van der Waals surface area contributed by atoms with Gasteiger partial charge in [0.2, 0.25) is 5.91 Å². The van der Waals surface area contributed by atoms with Gasteiger partial charge in [-0.1, -0.05) is 12.1 Å². The Morgan fingerprint density at radius 3 is 2.65 bits per heavy atom. The van der Waals surface area contributed by atoms with E-state index in [1.54, 1.807) is 12.0 Å². The summed E-state index contributed by atoms with van der Waals surface area (Å²) in [6.45, 7) is 2.79. The molecule has 3 rings (SSSR count). The maximum Gasteiger partial charge on any atom is 0.308 e. The van der Waals surface area contributed by atoms with Gasteiger partial charge in [0, 0.05) is 13.1 Å². The molecule has 5 nitrogen and oxygen atoms in total. The SMILES string of the molecule is COc1cccc(C(C)C(=O)N2C[C@H](C(=O)O)[C@@H](C3CC3)C2)c1. The first-order chi connectivity index (χ1) is 11.0. The lowest BCUT2D eigenvalue weighted by atomic mass is 9.92. The number of likely N-dealkylation sites (tertiary alicyclic amines) is 1. The summed E-state index contributed by atoms with van der Waals surface area (Å²) < 4.78 is 5.21. The minimum absolute atomic E-state index is 0.00709. The summed E-state index contributed by atoms with van der Waals surface area (Å²) >= 11 is 0. The van der Waals surface area contributed by atoms with E-state index in [9.17, 15) is 14.7 Å². The number of hydrogen-bond donors (Lipinski definition) is 1. The van der Waals surface area contributed by atoms with E-state index in [-0.39, 0.29) is 17.7 Å². The number of carboxylic acids is 1. The van der Waals surface area contributed by atoms with Gasteiger partial charge in [-0.25, -0.2) is 0 Å². The van der Waals surface area contributed by atoms with Gasteiger partial charge in [-0.2, -0.15) is 0 Å². The number of carbonyl (C=O) groups is 2. The van der Waals surface area contributed by atoms with Crippen LogP contribution >= 0.6 is 0 Å². The summed E-state index contributed by atoms with van der Waals surface area (Å²) in [5, 5.41) is 9.43. The fourth-order valence-corrected chi connectivity index (χ4v) is 3.60. The molecule has 1 saturated heterocycles. The number of aliphatic carboxylic acids is 1. The molecule has 1 saturated carbocycles. The van der Waals surface area contributed by atoms with Crippen molar-refractivity contribution in [1.29, 1.82) is 0 Å². The fraction of sp³-hybridized carbons (Fsp3) is 0.556. The Kier molecular flexibility index (Phi) is 4.28. The molecule has 1 unspecified atom stereocenters. The van der Waals surface area contributed by atoms with Crippen molar-refractivity contribution in [1.82, 2.24) is 4.90 Å². The summed E-state index contributed by atoms with van der Waals surface area (Å²) in [6, 6.07) is 7.50. The zero-order valence-corrected chi connectivity index (χ0v) is 13.6. The van der Waals surface area contributed by atoms with E-state index in [0.717, 1.165) is 24.2 Å². The number of ether oxygens (including phenoxy) is 1. The smallest absolute Gasteiger partial charge is 0.308 e. The molecule has 0 radical (unpaired) electrons. The highest BCUT2D eigenvalue weighted by Crippen LogP contribution is 2.44. The molecule has 1 N–H and O–H groups in total. The first-order valence-corrected chi connectivity index (χ1v) is 8.16. The number of carbonyl (C=O) groups excluding carboxylic acids is 1. The zero-order chi connectivity index (χ0) is 16.6. The van der Waals surface area contributed by atoms with Crippen LogP contribution in [0.15, 0.2) is 24.3 Å². The topological polar surface area (TPSA) is 66.8 Å². The molecule has 0 spiro atoms. The highest BCUT2D eigenvalue weighted by molar-refractivity contribution is 5.85. The van der Waals surface area contributed by atoms with E-state index in [1.165, 1.54) is 0 Å². The predicted molar refractivity (Wildman–Crippen MR) is 85.3 cm³/mol. The van der Waals surface area contributed by atoms with Gasteiger partial charge in [0.05, 0.1) is 18.9 Å². The average Bonchev–Trinajstić information content (AvgIpc) is 3.31. The molecular formula is C18H23NO4. The molecule has 1 aliphatic heterocycles. The van der Waals surface area contributed by atoms with Crippen LogP contribution in [0.2, 0.25) is 0 Å². The molecule has 23 heavy (non-hydrogen) atoms. The Labute approximate surface area is 136 Å². The predicted octanol–water partition coefficient (Wildman–Crippen LogP) is 2.37. The van der Waals surface area contributed by atoms with Gasteiger partial charge in [0.25, 0.3) is 0 Å². The Morgan fingerprint density at radius 1 is 1.30 bits per heavy atom. The molecule has 1 heterocycles. The van der Waals surface area contributed by atoms with Gasteiger partial charge >= 0.3 is 5.97 Å². The van der Waals surface area contributed by atoms with Crippen LogP contribution in [0, 0.1) is 17.8 Å². The van der Waals surface area contributed by atoms with Crippen molar-refractivity contribution in [2.45, 2.75) is 25.7 Å². The van der Waals surface area contributed by atoms with Crippen molar-refractivity contribution in [3.63, 3.8) is 0 Å². The summed E-state index contributed by atoms with van der Waals surface area (Å²) in [4.78, 5) is 26.0. The maximum atomic E-state index is 12.8. The summed E-state index contributed by atoms with van der Waals surface area (Å²) in [5.74, 6) is -0.141. The van der Waals surface area contributed by atoms with E-state index >= 15 is 0 Å². The van der Waals surface area contributed by atoms with Crippen molar-refractivity contribution < 1.29 is 19.4 Å². The number of carboxylic acid groups (broad SMARTS) is 1. The molecule has 5 heteroatoms. The van der Waals surface area contributed by atoms with Gasteiger partial charge in [-0.3, -0.25) is 9.59 Å². The first kappa shape index (κ1) is 15.8. The number of amides is 1. The van der Waals surface area contributed by atoms with Crippen molar-refractivity contribution >= 4 is 11.9 Å². The largest absolute Gasteiger partial charge is 0.497 e. The van der Waals surface area contributed by atoms with E-state index in [1.807, 2.05) is 31.2 Å². The Balaban J connectivity index is 1.73. The standard InChI is InChI=1S/C18H23NO4/c1-11(13-4-3-5-14(8-13)23-2)17(20)19-9-15(12-6-7-12)16(10-19)18(21)22/h3-5,8,11-12,15-16H,6-7,9-10H2,1-2H3,(H,21,22)/t11?,15-,16+/m1/s1. The number of benzene rings is 1. The summed E-state index contributed by atoms with van der Waals surface area (Å²) in [6.07, 6.45) is 2.20. The minimum atomic E-state index is -0.772. The second-order valence-corrected chi connectivity index (χ2v) is 6.69. The third-order valence-corrected chi connectivity index (χ3v) is 5.19. The van der Waals surface area contributed by atoms with E-state index in [0.29, 0.717) is 19.0 Å². The zero-order valence-electron chi connectivity index (χ0n) is 13.6. The molecule has 2 fully saturated rings. The van der Waals surface area contributed by atoms with Crippen molar-refractivity contribution in [2.75, 3.05) is 20.2 Å². The van der Waals surface area contributed by atoms with Gasteiger partial charge < -0.3 is 14.7 Å². The molecule has 1 aliphatic carbocycles. The lowest BCUT2D eigenvalue weighted by molar-refractivity contribution is -0.142. The molecule has 1 aromatic rings. The Hall–Kier alpha value is -2.04. The third kappa shape index (κ3) is 3.19. The quantitative estimate of drug-likeness (QED) is 0.905. The van der Waals surface area contributed by atoms with Gasteiger partial charge in [0.15, 0.2) is 0 Å². The lowest BCUT2D eigenvalue weighted by Gasteiger charge is -2.21. The number of nitrogens with zero attached hydrogens (tertiary/aromatic N) is 1. The van der Waals surface area contributed by atoms with Crippen LogP contribution in [-0.4, -0.2) is 42.1 Å². The van der Waals surface area contributed by atoms with Gasteiger partial charge in [-0.05, 0) is 49.3 Å². The molecule has 0 aromatic heterocycles. The van der Waals surface area contributed by atoms with Crippen LogP contribution in [0.5, 0.6) is 5.75 Å². The van der Waals surface area contributed by atoms with Crippen molar-refractivity contribution in [2.24, 2.45) is 17.8 Å². The van der Waals surface area contributed by atoms with Crippen LogP contribution in [-0.2, 0) is 9.59 Å². The minimum Gasteiger partial charge on any atom is -0.497 e. The average molecular weight is 317 g/mol. The Bertz CT molecular complexity index is 611. The molecule has 2 aliphatic rings. The van der Waals surface area contributed by atoms with Gasteiger partial charge in [-0.15, -0.1) is 0 Å². The molecule has 1 amide bonds. The highest BCUT2D eigenvalue weighted by atomic mass is 16.5. The van der Waals surface area contributed by atoms with Crippen LogP contribution in [0.4, 0.5) is 0 Å². The second-order valence-electron chi connectivity index (χ2n) is 6.69. The van der Waals surface area contributed by atoms with Crippen molar-refractivity contribution in [3.8, 4) is 5.75 Å². The highest BCUT2D eigenvalue weighted by Gasteiger charge is 2.47. The maximum absolute atomic E-state index is 12.8. The summed E-state index contributed by atoms with van der Waals surface area (Å²) in [5.41, 5.74) is 0.899. The third-order valence-electron chi connectivity index (χ3n) is 5.19. The molecule has 0 bridgehead atoms. The second kappa shape index (κ2) is 6.22. The summed E-state index contributed by atoms with van der Waals surface area (Å²) in [7, 11) is 1.60. The lowest BCUT2D eigenvalue weighted by Crippen LogP contribution is -2.33. The number of methoxy groups -OCH3 is 1. The molecule has 124 valence electrons. The van der Waals surface area contributed by atoms with Crippen molar-refractivity contribution in [3.05, 3.63) is 29.8 Å². The molecule has 1 aromatic carbocycles. The van der Waals surface area contributed by atoms with Gasteiger partial charge in [0.1, 0.15) is 5.75 Å². The number of hydrogen-bond acceptors (Lipinski definition) is 3. The normalized spacial score (nSPS) is 25.2.